The third kappa shape index (κ3) is 5.93. The van der Waals surface area contributed by atoms with Crippen LogP contribution in [0.5, 0.6) is 0 Å². The molecule has 2 nitrogen and oxygen atoms in total. The lowest BCUT2D eigenvalue weighted by Gasteiger charge is -2.27. The number of unbranched alkanes of at least 4 members (excludes halogenated alkanes) is 2. The van der Waals surface area contributed by atoms with Crippen LogP contribution in [0.2, 0.25) is 6.55 Å². The van der Waals surface area contributed by atoms with Gasteiger partial charge in [-0.05, 0) is 59.3 Å². The summed E-state index contributed by atoms with van der Waals surface area (Å²) < 4.78 is 13.6. The zero-order valence-corrected chi connectivity index (χ0v) is 15.4. The third-order valence-corrected chi connectivity index (χ3v) is 6.73. The molecule has 0 unspecified atom stereocenters. The van der Waals surface area contributed by atoms with Crippen molar-refractivity contribution < 1.29 is 8.85 Å². The molecule has 0 atom stereocenters. The Labute approximate surface area is 132 Å². The number of hydrogen-bond acceptors (Lipinski definition) is 2. The number of benzene rings is 1. The summed E-state index contributed by atoms with van der Waals surface area (Å²) in [6.45, 7) is 8.14. The van der Waals surface area contributed by atoms with Crippen LogP contribution in [0.4, 0.5) is 0 Å². The highest BCUT2D eigenvalue weighted by Crippen LogP contribution is 2.12. The SMILES string of the molecule is CCCCO[Si](C)(OCCCC)c1ccc(I)cc1. The van der Waals surface area contributed by atoms with Crippen LogP contribution in [0, 0.1) is 3.57 Å². The molecule has 0 N–H and O–H groups in total. The lowest BCUT2D eigenvalue weighted by atomic mass is 10.4. The molecule has 0 aliphatic carbocycles. The predicted molar refractivity (Wildman–Crippen MR) is 92.1 cm³/mol. The van der Waals surface area contributed by atoms with E-state index < -0.39 is 8.56 Å². The van der Waals surface area contributed by atoms with E-state index in [-0.39, 0.29) is 0 Å². The van der Waals surface area contributed by atoms with Crippen LogP contribution in [0.3, 0.4) is 0 Å². The fourth-order valence-corrected chi connectivity index (χ4v) is 4.40. The van der Waals surface area contributed by atoms with E-state index >= 15 is 0 Å². The quantitative estimate of drug-likeness (QED) is 0.356. The fourth-order valence-electron chi connectivity index (χ4n) is 1.78. The molecule has 0 amide bonds. The van der Waals surface area contributed by atoms with E-state index in [1.165, 1.54) is 8.76 Å². The summed E-state index contributed by atoms with van der Waals surface area (Å²) in [5, 5.41) is 1.24. The third-order valence-electron chi connectivity index (χ3n) is 3.12. The molecule has 1 rings (SSSR count). The lowest BCUT2D eigenvalue weighted by Crippen LogP contribution is -2.51. The smallest absolute Gasteiger partial charge is 0.369 e. The molecule has 1 aromatic rings. The van der Waals surface area contributed by atoms with E-state index in [4.69, 9.17) is 8.85 Å². The minimum atomic E-state index is -2.23. The predicted octanol–water partition coefficient (Wildman–Crippen LogP) is 4.20. The Morgan fingerprint density at radius 1 is 0.947 bits per heavy atom. The van der Waals surface area contributed by atoms with Crippen molar-refractivity contribution in [1.29, 1.82) is 0 Å². The van der Waals surface area contributed by atoms with Gasteiger partial charge in [-0.3, -0.25) is 0 Å². The molecule has 0 radical (unpaired) electrons. The Balaban J connectivity index is 2.74. The first-order valence-electron chi connectivity index (χ1n) is 7.16. The van der Waals surface area contributed by atoms with Crippen LogP contribution in [-0.2, 0) is 8.85 Å². The van der Waals surface area contributed by atoms with E-state index in [1.54, 1.807) is 0 Å². The van der Waals surface area contributed by atoms with Gasteiger partial charge < -0.3 is 8.85 Å². The second-order valence-corrected chi connectivity index (χ2v) is 9.15. The zero-order valence-electron chi connectivity index (χ0n) is 12.2. The van der Waals surface area contributed by atoms with Gasteiger partial charge in [-0.1, -0.05) is 38.8 Å². The first-order valence-corrected chi connectivity index (χ1v) is 10.6. The number of hydrogen-bond donors (Lipinski definition) is 0. The molecular weight excluding hydrogens is 367 g/mol. The molecule has 0 heterocycles. The highest BCUT2D eigenvalue weighted by atomic mass is 127. The topological polar surface area (TPSA) is 18.5 Å². The molecular formula is C15H25IO2Si. The highest BCUT2D eigenvalue weighted by Gasteiger charge is 2.33. The summed E-state index contributed by atoms with van der Waals surface area (Å²) in [7, 11) is -2.23. The van der Waals surface area contributed by atoms with Crippen molar-refractivity contribution in [3.63, 3.8) is 0 Å². The molecule has 0 aromatic heterocycles. The van der Waals surface area contributed by atoms with Crippen LogP contribution < -0.4 is 5.19 Å². The van der Waals surface area contributed by atoms with Crippen LogP contribution in [0.1, 0.15) is 39.5 Å². The van der Waals surface area contributed by atoms with E-state index in [9.17, 15) is 0 Å². The monoisotopic (exact) mass is 392 g/mol. The van der Waals surface area contributed by atoms with Gasteiger partial charge in [-0.25, -0.2) is 0 Å². The van der Waals surface area contributed by atoms with E-state index in [0.717, 1.165) is 38.9 Å². The van der Waals surface area contributed by atoms with E-state index in [1.807, 2.05) is 0 Å². The first kappa shape index (κ1) is 17.1. The van der Waals surface area contributed by atoms with Gasteiger partial charge in [0.15, 0.2) is 0 Å². The van der Waals surface area contributed by atoms with Gasteiger partial charge in [0.2, 0.25) is 0 Å². The molecule has 1 aromatic carbocycles. The average molecular weight is 392 g/mol. The molecule has 19 heavy (non-hydrogen) atoms. The summed E-state index contributed by atoms with van der Waals surface area (Å²) in [6.07, 6.45) is 4.52. The van der Waals surface area contributed by atoms with Gasteiger partial charge in [-0.2, -0.15) is 0 Å². The molecule has 4 heteroatoms. The van der Waals surface area contributed by atoms with E-state index in [0.29, 0.717) is 0 Å². The van der Waals surface area contributed by atoms with Crippen molar-refractivity contribution in [2.45, 2.75) is 46.1 Å². The van der Waals surface area contributed by atoms with Crippen molar-refractivity contribution in [2.24, 2.45) is 0 Å². The Kier molecular flexibility index (Phi) is 8.21. The minimum absolute atomic E-state index is 0.803. The Morgan fingerprint density at radius 2 is 1.42 bits per heavy atom. The lowest BCUT2D eigenvalue weighted by molar-refractivity contribution is 0.181. The van der Waals surface area contributed by atoms with E-state index in [2.05, 4.69) is 67.3 Å². The zero-order chi connectivity index (χ0) is 14.1. The number of halogens is 1. The van der Waals surface area contributed by atoms with Crippen LogP contribution in [0.25, 0.3) is 0 Å². The first-order chi connectivity index (χ1) is 9.12. The molecule has 0 spiro atoms. The molecule has 0 saturated heterocycles. The van der Waals surface area contributed by atoms with Gasteiger partial charge in [0.1, 0.15) is 0 Å². The Morgan fingerprint density at radius 3 is 1.84 bits per heavy atom. The van der Waals surface area contributed by atoms with Gasteiger partial charge in [0.25, 0.3) is 0 Å². The minimum Gasteiger partial charge on any atom is -0.391 e. The molecule has 0 saturated carbocycles. The highest BCUT2D eigenvalue weighted by molar-refractivity contribution is 14.1. The van der Waals surface area contributed by atoms with Crippen molar-refractivity contribution in [2.75, 3.05) is 13.2 Å². The summed E-state index contributed by atoms with van der Waals surface area (Å²) in [5.41, 5.74) is 0. The van der Waals surface area contributed by atoms with Crippen molar-refractivity contribution in [3.05, 3.63) is 27.8 Å². The van der Waals surface area contributed by atoms with Gasteiger partial charge in [-0.15, -0.1) is 0 Å². The average Bonchev–Trinajstić information content (AvgIpc) is 2.40. The van der Waals surface area contributed by atoms with Crippen molar-refractivity contribution >= 4 is 36.3 Å². The maximum absolute atomic E-state index is 6.16. The van der Waals surface area contributed by atoms with Gasteiger partial charge in [0, 0.05) is 16.8 Å². The van der Waals surface area contributed by atoms with Crippen LogP contribution in [-0.4, -0.2) is 21.8 Å². The standard InChI is InChI=1S/C15H25IO2Si/c1-4-6-12-17-19(3,18-13-7-5-2)15-10-8-14(16)9-11-15/h8-11H,4-7,12-13H2,1-3H3. The molecule has 108 valence electrons. The number of rotatable bonds is 9. The maximum Gasteiger partial charge on any atom is 0.369 e. The van der Waals surface area contributed by atoms with Crippen LogP contribution in [0.15, 0.2) is 24.3 Å². The molecule has 0 aliphatic heterocycles. The summed E-state index contributed by atoms with van der Waals surface area (Å²) in [5.74, 6) is 0. The largest absolute Gasteiger partial charge is 0.391 e. The Hall–Kier alpha value is 0.0869. The molecule has 0 bridgehead atoms. The second kappa shape index (κ2) is 9.10. The maximum atomic E-state index is 6.16. The van der Waals surface area contributed by atoms with Gasteiger partial charge >= 0.3 is 8.56 Å². The van der Waals surface area contributed by atoms with Crippen molar-refractivity contribution in [3.8, 4) is 0 Å². The second-order valence-electron chi connectivity index (χ2n) is 4.86. The van der Waals surface area contributed by atoms with Gasteiger partial charge in [0.05, 0.1) is 0 Å². The Bertz CT molecular complexity index is 344. The molecule has 0 aliphatic rings. The normalized spacial score (nSPS) is 11.8. The summed E-state index contributed by atoms with van der Waals surface area (Å²) in [4.78, 5) is 0. The summed E-state index contributed by atoms with van der Waals surface area (Å²) >= 11 is 2.33. The summed E-state index contributed by atoms with van der Waals surface area (Å²) in [6, 6.07) is 8.58. The van der Waals surface area contributed by atoms with Crippen LogP contribution >= 0.6 is 22.6 Å². The molecule has 0 fully saturated rings. The van der Waals surface area contributed by atoms with Crippen molar-refractivity contribution in [1.82, 2.24) is 0 Å². The fraction of sp³-hybridized carbons (Fsp3) is 0.600.